The molecule has 0 radical (unpaired) electrons. The Morgan fingerprint density at radius 3 is 2.26 bits per heavy atom. The van der Waals surface area contributed by atoms with Gasteiger partial charge in [-0.15, -0.1) is 0 Å². The molecule has 0 saturated carbocycles. The molecular weight excluding hydrogens is 653 g/mol. The standard InChI is InChI=1S/C52H46N2/c1-4-39(41-23-12-7-13-24-41)36-45(35-37(2)40-21-10-5-6-11-22-40)54-51(38(3)46-31-20-32-48(52(46)54)42-25-14-8-15-26-42)49-34-33-43-27-18-19-30-47(43)50(49)53-44-28-16-9-17-29-44/h4-7,9-10,12-14,16-36,53H,8,11,15H2,1-3H3/b37-35+,39-4+,45-36+. The zero-order valence-corrected chi connectivity index (χ0v) is 31.4. The molecule has 54 heavy (non-hydrogen) atoms. The van der Waals surface area contributed by atoms with Crippen molar-refractivity contribution in [3.63, 3.8) is 0 Å². The van der Waals surface area contributed by atoms with E-state index in [0.29, 0.717) is 0 Å². The average Bonchev–Trinajstić information content (AvgIpc) is 3.35. The Labute approximate surface area is 319 Å². The van der Waals surface area contributed by atoms with E-state index in [1.165, 1.54) is 66.4 Å². The number of aryl methyl sites for hydroxylation is 1. The van der Waals surface area contributed by atoms with Gasteiger partial charge in [-0.3, -0.25) is 0 Å². The first-order chi connectivity index (χ1) is 26.6. The monoisotopic (exact) mass is 698 g/mol. The predicted molar refractivity (Wildman–Crippen MR) is 235 cm³/mol. The first-order valence-corrected chi connectivity index (χ1v) is 19.1. The molecule has 0 bridgehead atoms. The topological polar surface area (TPSA) is 17.0 Å². The number of para-hydroxylation sites is 2. The average molecular weight is 699 g/mol. The summed E-state index contributed by atoms with van der Waals surface area (Å²) in [7, 11) is 0. The van der Waals surface area contributed by atoms with E-state index in [1.54, 1.807) is 0 Å². The maximum absolute atomic E-state index is 3.90. The third-order valence-electron chi connectivity index (χ3n) is 10.6. The van der Waals surface area contributed by atoms with Gasteiger partial charge in [0.1, 0.15) is 0 Å². The van der Waals surface area contributed by atoms with Crippen molar-refractivity contribution in [2.45, 2.75) is 40.0 Å². The van der Waals surface area contributed by atoms with E-state index in [1.807, 2.05) is 0 Å². The van der Waals surface area contributed by atoms with Crippen molar-refractivity contribution in [2.75, 3.05) is 5.32 Å². The number of fused-ring (bicyclic) bond motifs is 2. The maximum atomic E-state index is 3.90. The van der Waals surface area contributed by atoms with Crippen LogP contribution in [0.1, 0.15) is 49.8 Å². The lowest BCUT2D eigenvalue weighted by molar-refractivity contribution is 1.04. The van der Waals surface area contributed by atoms with Gasteiger partial charge in [-0.05, 0) is 103 Å². The van der Waals surface area contributed by atoms with Crippen LogP contribution < -0.4 is 5.32 Å². The van der Waals surface area contributed by atoms with E-state index in [-0.39, 0.29) is 0 Å². The molecule has 0 fully saturated rings. The summed E-state index contributed by atoms with van der Waals surface area (Å²) in [6, 6.07) is 41.4. The highest BCUT2D eigenvalue weighted by molar-refractivity contribution is 6.09. The van der Waals surface area contributed by atoms with E-state index in [4.69, 9.17) is 0 Å². The van der Waals surface area contributed by atoms with Crippen molar-refractivity contribution in [2.24, 2.45) is 0 Å². The number of allylic oxidation sites excluding steroid dienone is 16. The normalized spacial score (nSPS) is 15.1. The van der Waals surface area contributed by atoms with Gasteiger partial charge in [-0.2, -0.15) is 0 Å². The van der Waals surface area contributed by atoms with Crippen molar-refractivity contribution in [1.29, 1.82) is 0 Å². The van der Waals surface area contributed by atoms with Gasteiger partial charge < -0.3 is 9.88 Å². The maximum Gasteiger partial charge on any atom is 0.0616 e. The SMILES string of the molecule is C\C=C(/C=C(\C=C(/C)C1=CCC=CC=C1)n1c(-c2ccc3ccccc3c2Nc2ccccc2)c(C)c2cccc(C3=CCCC=C3)c21)c1ccccc1. The van der Waals surface area contributed by atoms with Gasteiger partial charge in [-0.25, -0.2) is 0 Å². The van der Waals surface area contributed by atoms with E-state index in [9.17, 15) is 0 Å². The van der Waals surface area contributed by atoms with Crippen molar-refractivity contribution >= 4 is 49.9 Å². The van der Waals surface area contributed by atoms with Gasteiger partial charge in [0.2, 0.25) is 0 Å². The molecule has 0 saturated heterocycles. The van der Waals surface area contributed by atoms with Crippen LogP contribution in [0.15, 0.2) is 193 Å². The molecule has 8 rings (SSSR count). The predicted octanol–water partition coefficient (Wildman–Crippen LogP) is 14.6. The molecule has 5 aromatic carbocycles. The van der Waals surface area contributed by atoms with Crippen molar-refractivity contribution in [1.82, 2.24) is 4.57 Å². The number of aromatic nitrogens is 1. The third-order valence-corrected chi connectivity index (χ3v) is 10.6. The number of anilines is 2. The van der Waals surface area contributed by atoms with Gasteiger partial charge in [0.05, 0.1) is 16.9 Å². The van der Waals surface area contributed by atoms with Crippen LogP contribution in [-0.2, 0) is 0 Å². The van der Waals surface area contributed by atoms with Crippen LogP contribution in [0, 0.1) is 6.92 Å². The fourth-order valence-corrected chi connectivity index (χ4v) is 7.86. The number of benzene rings is 5. The molecule has 264 valence electrons. The van der Waals surface area contributed by atoms with Crippen molar-refractivity contribution in [3.8, 4) is 11.3 Å². The zero-order valence-electron chi connectivity index (χ0n) is 31.4. The van der Waals surface area contributed by atoms with E-state index in [0.717, 1.165) is 41.9 Å². The second-order valence-electron chi connectivity index (χ2n) is 14.0. The molecule has 2 aliphatic rings. The summed E-state index contributed by atoms with van der Waals surface area (Å²) < 4.78 is 2.55. The van der Waals surface area contributed by atoms with Crippen LogP contribution in [0.25, 0.3) is 49.8 Å². The molecule has 1 aromatic heterocycles. The van der Waals surface area contributed by atoms with Gasteiger partial charge in [0, 0.05) is 33.3 Å². The Kier molecular flexibility index (Phi) is 10.1. The van der Waals surface area contributed by atoms with Crippen molar-refractivity contribution < 1.29 is 0 Å². The molecule has 0 unspecified atom stereocenters. The molecule has 2 aliphatic carbocycles. The van der Waals surface area contributed by atoms with Crippen LogP contribution in [0.2, 0.25) is 0 Å². The summed E-state index contributed by atoms with van der Waals surface area (Å²) in [6.07, 6.45) is 28.1. The van der Waals surface area contributed by atoms with Crippen molar-refractivity contribution in [3.05, 3.63) is 210 Å². The number of nitrogens with one attached hydrogen (secondary N) is 1. The Hall–Kier alpha value is -6.38. The number of nitrogens with zero attached hydrogens (tertiary/aromatic N) is 1. The molecule has 2 heteroatoms. The van der Waals surface area contributed by atoms with Crippen LogP contribution in [0.5, 0.6) is 0 Å². The summed E-state index contributed by atoms with van der Waals surface area (Å²) in [4.78, 5) is 0. The first kappa shape index (κ1) is 34.7. The highest BCUT2D eigenvalue weighted by atomic mass is 15.0. The highest BCUT2D eigenvalue weighted by Crippen LogP contribution is 2.45. The van der Waals surface area contributed by atoms with Crippen LogP contribution in [0.4, 0.5) is 11.4 Å². The summed E-state index contributed by atoms with van der Waals surface area (Å²) >= 11 is 0. The summed E-state index contributed by atoms with van der Waals surface area (Å²) in [5.41, 5.74) is 15.4. The zero-order chi connectivity index (χ0) is 36.9. The second kappa shape index (κ2) is 15.7. The summed E-state index contributed by atoms with van der Waals surface area (Å²) in [6.45, 7) is 6.69. The molecule has 6 aromatic rings. The summed E-state index contributed by atoms with van der Waals surface area (Å²) in [5, 5.41) is 7.53. The molecule has 0 aliphatic heterocycles. The van der Waals surface area contributed by atoms with Crippen LogP contribution >= 0.6 is 0 Å². The fraction of sp³-hybridized carbons (Fsp3) is 0.115. The lowest BCUT2D eigenvalue weighted by atomic mass is 9.96. The van der Waals surface area contributed by atoms with Gasteiger partial charge in [0.25, 0.3) is 0 Å². The van der Waals surface area contributed by atoms with Gasteiger partial charge in [-0.1, -0.05) is 158 Å². The Morgan fingerprint density at radius 2 is 1.46 bits per heavy atom. The smallest absolute Gasteiger partial charge is 0.0616 e. The minimum atomic E-state index is 0.906. The largest absolute Gasteiger partial charge is 0.354 e. The van der Waals surface area contributed by atoms with E-state index >= 15 is 0 Å². The first-order valence-electron chi connectivity index (χ1n) is 19.1. The number of hydrogen-bond acceptors (Lipinski definition) is 1. The molecule has 0 spiro atoms. The minimum Gasteiger partial charge on any atom is -0.354 e. The summed E-state index contributed by atoms with van der Waals surface area (Å²) in [5.74, 6) is 0. The molecular formula is C52H46N2. The Bertz CT molecular complexity index is 2600. The highest BCUT2D eigenvalue weighted by Gasteiger charge is 2.24. The lowest BCUT2D eigenvalue weighted by Gasteiger charge is -2.21. The van der Waals surface area contributed by atoms with Crippen LogP contribution in [0.3, 0.4) is 0 Å². The van der Waals surface area contributed by atoms with E-state index < -0.39 is 0 Å². The van der Waals surface area contributed by atoms with Crippen LogP contribution in [-0.4, -0.2) is 4.57 Å². The number of hydrogen-bond donors (Lipinski definition) is 1. The van der Waals surface area contributed by atoms with Gasteiger partial charge in [0.15, 0.2) is 0 Å². The van der Waals surface area contributed by atoms with E-state index in [2.05, 4.69) is 213 Å². The third kappa shape index (κ3) is 6.91. The molecule has 0 atom stereocenters. The number of rotatable bonds is 9. The second-order valence-corrected chi connectivity index (χ2v) is 14.0. The lowest BCUT2D eigenvalue weighted by Crippen LogP contribution is -2.04. The Balaban J connectivity index is 1.50. The quantitative estimate of drug-likeness (QED) is 0.149. The molecule has 2 nitrogen and oxygen atoms in total. The molecule has 1 heterocycles. The fourth-order valence-electron chi connectivity index (χ4n) is 7.86. The Morgan fingerprint density at radius 1 is 0.685 bits per heavy atom. The van der Waals surface area contributed by atoms with Gasteiger partial charge >= 0.3 is 0 Å². The molecule has 1 N–H and O–H groups in total. The molecule has 0 amide bonds. The minimum absolute atomic E-state index is 0.906.